The minimum atomic E-state index is -4.67. The van der Waals surface area contributed by atoms with Crippen LogP contribution in [-0.4, -0.2) is 37.6 Å². The second kappa shape index (κ2) is 7.79. The molecular weight excluding hydrogens is 385 g/mol. The Hall–Kier alpha value is -1.52. The summed E-state index contributed by atoms with van der Waals surface area (Å²) in [6, 6.07) is -0.123. The zero-order valence-electron chi connectivity index (χ0n) is 13.5. The van der Waals surface area contributed by atoms with E-state index in [-0.39, 0.29) is 6.42 Å². The van der Waals surface area contributed by atoms with Gasteiger partial charge in [0.2, 0.25) is 10.0 Å². The number of alkyl halides is 3. The molecule has 6 nitrogen and oxygen atoms in total. The average molecular weight is 401 g/mol. The number of benzene rings is 1. The molecule has 25 heavy (non-hydrogen) atoms. The van der Waals surface area contributed by atoms with Gasteiger partial charge in [-0.05, 0) is 32.0 Å². The molecule has 1 aromatic carbocycles. The number of hydrogen-bond donors (Lipinski definition) is 0. The fraction of sp³-hybridized carbons (Fsp3) is 0.500. The van der Waals surface area contributed by atoms with E-state index in [1.54, 1.807) is 0 Å². The summed E-state index contributed by atoms with van der Waals surface area (Å²) in [5, 5.41) is 2.06. The molecule has 11 heteroatoms. The minimum Gasteiger partial charge on any atom is -0.298 e. The molecule has 0 fully saturated rings. The van der Waals surface area contributed by atoms with Crippen LogP contribution in [0.5, 0.6) is 0 Å². The summed E-state index contributed by atoms with van der Waals surface area (Å²) in [7, 11) is -3.21. The highest BCUT2D eigenvalue weighted by Gasteiger charge is 2.35. The molecule has 0 aliphatic carbocycles. The van der Waals surface area contributed by atoms with Gasteiger partial charge < -0.3 is 0 Å². The van der Waals surface area contributed by atoms with Gasteiger partial charge in [-0.15, -0.1) is 0 Å². The molecule has 0 aromatic heterocycles. The Balaban J connectivity index is 3.15. The van der Waals surface area contributed by atoms with Crippen molar-refractivity contribution in [2.24, 2.45) is 5.18 Å². The van der Waals surface area contributed by atoms with Crippen LogP contribution in [0.1, 0.15) is 25.8 Å². The molecule has 1 unspecified atom stereocenters. The molecule has 0 spiro atoms. The highest BCUT2D eigenvalue weighted by molar-refractivity contribution is 7.89. The first-order valence-electron chi connectivity index (χ1n) is 7.02. The third-order valence-corrected chi connectivity index (χ3v) is 6.02. The SMILES string of the molecule is CC(CC(=O)[C@H](C)N(C)S(=O)(=O)c1ccc(C(F)(F)F)cc1Cl)N=O. The number of rotatable bonds is 7. The fourth-order valence-electron chi connectivity index (χ4n) is 1.95. The van der Waals surface area contributed by atoms with Gasteiger partial charge in [-0.3, -0.25) is 4.79 Å². The van der Waals surface area contributed by atoms with Gasteiger partial charge in [-0.25, -0.2) is 8.42 Å². The highest BCUT2D eigenvalue weighted by atomic mass is 35.5. The van der Waals surface area contributed by atoms with E-state index >= 15 is 0 Å². The number of likely N-dealkylation sites (N-methyl/N-ethyl adjacent to an activating group) is 1. The Morgan fingerprint density at radius 1 is 1.32 bits per heavy atom. The van der Waals surface area contributed by atoms with E-state index in [1.165, 1.54) is 13.8 Å². The third kappa shape index (κ3) is 4.99. The topological polar surface area (TPSA) is 83.9 Å². The van der Waals surface area contributed by atoms with Crippen molar-refractivity contribution < 1.29 is 26.4 Å². The maximum Gasteiger partial charge on any atom is 0.416 e. The number of sulfonamides is 1. The summed E-state index contributed by atoms with van der Waals surface area (Å²) in [4.78, 5) is 21.8. The molecule has 0 aliphatic rings. The molecule has 1 rings (SSSR count). The van der Waals surface area contributed by atoms with Gasteiger partial charge in [0.15, 0.2) is 5.78 Å². The van der Waals surface area contributed by atoms with Crippen LogP contribution in [0.3, 0.4) is 0 Å². The summed E-state index contributed by atoms with van der Waals surface area (Å²) < 4.78 is 63.7. The molecule has 0 heterocycles. The monoisotopic (exact) mass is 400 g/mol. The number of nitrogens with zero attached hydrogens (tertiary/aromatic N) is 2. The van der Waals surface area contributed by atoms with Crippen LogP contribution in [0.2, 0.25) is 5.02 Å². The highest BCUT2D eigenvalue weighted by Crippen LogP contribution is 2.34. The van der Waals surface area contributed by atoms with E-state index in [4.69, 9.17) is 11.6 Å². The average Bonchev–Trinajstić information content (AvgIpc) is 2.51. The number of nitroso groups, excluding NO2 is 1. The quantitative estimate of drug-likeness (QED) is 0.656. The fourth-order valence-corrected chi connectivity index (χ4v) is 3.81. The van der Waals surface area contributed by atoms with Crippen LogP contribution in [-0.2, 0) is 21.0 Å². The van der Waals surface area contributed by atoms with E-state index in [1.807, 2.05) is 0 Å². The van der Waals surface area contributed by atoms with Crippen LogP contribution in [0, 0.1) is 4.91 Å². The Kier molecular flexibility index (Phi) is 6.71. The zero-order valence-corrected chi connectivity index (χ0v) is 15.1. The number of Topliss-reactive ketones (excluding diaryl/α,β-unsaturated/α-hetero) is 1. The predicted octanol–water partition coefficient (Wildman–Crippen LogP) is 3.48. The minimum absolute atomic E-state index is 0.259. The van der Waals surface area contributed by atoms with Crippen molar-refractivity contribution in [2.75, 3.05) is 7.05 Å². The first-order chi connectivity index (χ1) is 11.3. The second-order valence-corrected chi connectivity index (χ2v) is 7.84. The molecule has 0 N–H and O–H groups in total. The smallest absolute Gasteiger partial charge is 0.298 e. The summed E-state index contributed by atoms with van der Waals surface area (Å²) >= 11 is 5.71. The Labute approximate surface area is 148 Å². The molecular formula is C14H16ClF3N2O4S. The van der Waals surface area contributed by atoms with Gasteiger partial charge in [0, 0.05) is 13.5 Å². The molecule has 0 bridgehead atoms. The van der Waals surface area contributed by atoms with Crippen LogP contribution >= 0.6 is 11.6 Å². The van der Waals surface area contributed by atoms with E-state index in [0.717, 1.165) is 13.1 Å². The van der Waals surface area contributed by atoms with E-state index in [9.17, 15) is 31.3 Å². The van der Waals surface area contributed by atoms with Gasteiger partial charge in [0.1, 0.15) is 4.90 Å². The molecule has 0 aliphatic heterocycles. The summed E-state index contributed by atoms with van der Waals surface area (Å²) in [5.74, 6) is -0.554. The first-order valence-corrected chi connectivity index (χ1v) is 8.84. The van der Waals surface area contributed by atoms with Crippen molar-refractivity contribution >= 4 is 27.4 Å². The van der Waals surface area contributed by atoms with Crippen molar-refractivity contribution in [1.82, 2.24) is 4.31 Å². The Morgan fingerprint density at radius 3 is 2.32 bits per heavy atom. The lowest BCUT2D eigenvalue weighted by molar-refractivity contribution is -0.137. The van der Waals surface area contributed by atoms with Crippen LogP contribution < -0.4 is 0 Å². The zero-order chi connectivity index (χ0) is 19.6. The maximum absolute atomic E-state index is 12.6. The Morgan fingerprint density at radius 2 is 1.88 bits per heavy atom. The summed E-state index contributed by atoms with van der Waals surface area (Å²) in [6.45, 7) is 2.70. The molecule has 2 atom stereocenters. The van der Waals surface area contributed by atoms with Crippen LogP contribution in [0.4, 0.5) is 13.2 Å². The molecule has 1 aromatic rings. The Bertz CT molecular complexity index is 768. The standard InChI is InChI=1S/C14H16ClF3N2O4S/c1-8(19-22)6-12(21)9(2)20(3)25(23,24)13-5-4-10(7-11(13)15)14(16,17)18/h4-5,7-9H,6H2,1-3H3/t8?,9-/m0/s1. The van der Waals surface area contributed by atoms with Crippen molar-refractivity contribution in [1.29, 1.82) is 0 Å². The normalized spacial score (nSPS) is 15.0. The van der Waals surface area contributed by atoms with Gasteiger partial charge in [-0.1, -0.05) is 16.8 Å². The number of halogens is 4. The molecule has 140 valence electrons. The lowest BCUT2D eigenvalue weighted by atomic mass is 10.1. The van der Waals surface area contributed by atoms with E-state index in [2.05, 4.69) is 5.18 Å². The molecule has 0 saturated heterocycles. The summed E-state index contributed by atoms with van der Waals surface area (Å²) in [6.07, 6.45) is -4.93. The van der Waals surface area contributed by atoms with Gasteiger partial charge in [0.25, 0.3) is 0 Å². The molecule has 0 amide bonds. The van der Waals surface area contributed by atoms with Crippen LogP contribution in [0.25, 0.3) is 0 Å². The second-order valence-electron chi connectivity index (χ2n) is 5.47. The van der Waals surface area contributed by atoms with Crippen molar-refractivity contribution in [3.8, 4) is 0 Å². The number of carbonyl (C=O) groups is 1. The lowest BCUT2D eigenvalue weighted by Gasteiger charge is -2.24. The van der Waals surface area contributed by atoms with Crippen LogP contribution in [0.15, 0.2) is 28.3 Å². The third-order valence-electron chi connectivity index (χ3n) is 3.60. The lowest BCUT2D eigenvalue weighted by Crippen LogP contribution is -2.41. The molecule has 0 radical (unpaired) electrons. The number of ketones is 1. The van der Waals surface area contributed by atoms with Gasteiger partial charge in [0.05, 0.1) is 22.7 Å². The van der Waals surface area contributed by atoms with E-state index < -0.39 is 49.5 Å². The molecule has 0 saturated carbocycles. The maximum atomic E-state index is 12.6. The van der Waals surface area contributed by atoms with E-state index in [0.29, 0.717) is 16.4 Å². The van der Waals surface area contributed by atoms with Crippen molar-refractivity contribution in [3.63, 3.8) is 0 Å². The number of hydrogen-bond acceptors (Lipinski definition) is 5. The number of carbonyl (C=O) groups excluding carboxylic acids is 1. The van der Waals surface area contributed by atoms with Crippen molar-refractivity contribution in [3.05, 3.63) is 33.7 Å². The van der Waals surface area contributed by atoms with Crippen molar-refractivity contribution in [2.45, 2.75) is 43.4 Å². The summed E-state index contributed by atoms with van der Waals surface area (Å²) in [5.41, 5.74) is -1.09. The predicted molar refractivity (Wildman–Crippen MR) is 85.7 cm³/mol. The van der Waals surface area contributed by atoms with Gasteiger partial charge in [-0.2, -0.15) is 22.4 Å². The van der Waals surface area contributed by atoms with Gasteiger partial charge >= 0.3 is 6.18 Å². The first kappa shape index (κ1) is 21.5. The largest absolute Gasteiger partial charge is 0.416 e.